The lowest BCUT2D eigenvalue weighted by molar-refractivity contribution is 0.0784. The molecule has 1 heterocycles. The SMILES string of the molecule is CNc1ccc(C(=O)N(C)Cc2cccc(C)c2)cn1. The highest BCUT2D eigenvalue weighted by atomic mass is 16.2. The maximum Gasteiger partial charge on any atom is 0.255 e. The molecule has 2 aromatic rings. The van der Waals surface area contributed by atoms with Gasteiger partial charge in [-0.05, 0) is 24.6 Å². The highest BCUT2D eigenvalue weighted by molar-refractivity contribution is 5.93. The van der Waals surface area contributed by atoms with Crippen molar-refractivity contribution >= 4 is 11.7 Å². The van der Waals surface area contributed by atoms with Crippen LogP contribution >= 0.6 is 0 Å². The van der Waals surface area contributed by atoms with E-state index in [-0.39, 0.29) is 5.91 Å². The second-order valence-electron chi connectivity index (χ2n) is 4.83. The summed E-state index contributed by atoms with van der Waals surface area (Å²) >= 11 is 0. The fourth-order valence-corrected chi connectivity index (χ4v) is 2.04. The number of rotatable bonds is 4. The third-order valence-corrected chi connectivity index (χ3v) is 3.12. The Hall–Kier alpha value is -2.36. The number of hydrogen-bond acceptors (Lipinski definition) is 3. The van der Waals surface area contributed by atoms with Crippen LogP contribution in [0.2, 0.25) is 0 Å². The third kappa shape index (κ3) is 3.35. The van der Waals surface area contributed by atoms with Crippen molar-refractivity contribution in [3.63, 3.8) is 0 Å². The zero-order chi connectivity index (χ0) is 14.5. The van der Waals surface area contributed by atoms with Crippen molar-refractivity contribution in [3.8, 4) is 0 Å². The van der Waals surface area contributed by atoms with E-state index >= 15 is 0 Å². The molecule has 0 atom stereocenters. The van der Waals surface area contributed by atoms with Crippen LogP contribution in [0.5, 0.6) is 0 Å². The minimum atomic E-state index is -0.0262. The van der Waals surface area contributed by atoms with Crippen LogP contribution < -0.4 is 5.32 Å². The number of amides is 1. The predicted molar refractivity (Wildman–Crippen MR) is 80.8 cm³/mol. The molecule has 1 aromatic heterocycles. The second-order valence-corrected chi connectivity index (χ2v) is 4.83. The first-order valence-corrected chi connectivity index (χ1v) is 6.55. The number of hydrogen-bond donors (Lipinski definition) is 1. The van der Waals surface area contributed by atoms with E-state index in [0.717, 1.165) is 11.4 Å². The van der Waals surface area contributed by atoms with Gasteiger partial charge >= 0.3 is 0 Å². The molecule has 0 radical (unpaired) electrons. The van der Waals surface area contributed by atoms with E-state index in [9.17, 15) is 4.79 Å². The van der Waals surface area contributed by atoms with Gasteiger partial charge in [0.2, 0.25) is 0 Å². The van der Waals surface area contributed by atoms with Gasteiger partial charge in [-0.25, -0.2) is 4.98 Å². The van der Waals surface area contributed by atoms with Crippen molar-refractivity contribution in [2.24, 2.45) is 0 Å². The number of anilines is 1. The van der Waals surface area contributed by atoms with Gasteiger partial charge in [0.05, 0.1) is 5.56 Å². The van der Waals surface area contributed by atoms with Crippen LogP contribution in [0.25, 0.3) is 0 Å². The normalized spacial score (nSPS) is 10.2. The number of carbonyl (C=O) groups excluding carboxylic acids is 1. The first kappa shape index (κ1) is 14.1. The molecule has 104 valence electrons. The summed E-state index contributed by atoms with van der Waals surface area (Å²) in [7, 11) is 3.60. The molecule has 1 amide bonds. The minimum absolute atomic E-state index is 0.0262. The Labute approximate surface area is 119 Å². The fraction of sp³-hybridized carbons (Fsp3) is 0.250. The molecule has 20 heavy (non-hydrogen) atoms. The Bertz CT molecular complexity index is 593. The van der Waals surface area contributed by atoms with Gasteiger partial charge in [-0.15, -0.1) is 0 Å². The number of aromatic nitrogens is 1. The van der Waals surface area contributed by atoms with Gasteiger partial charge in [-0.2, -0.15) is 0 Å². The number of nitrogens with zero attached hydrogens (tertiary/aromatic N) is 2. The molecule has 4 heteroatoms. The van der Waals surface area contributed by atoms with E-state index in [1.165, 1.54) is 5.56 Å². The van der Waals surface area contributed by atoms with E-state index < -0.39 is 0 Å². The summed E-state index contributed by atoms with van der Waals surface area (Å²) in [6, 6.07) is 11.8. The van der Waals surface area contributed by atoms with Crippen LogP contribution in [-0.2, 0) is 6.54 Å². The quantitative estimate of drug-likeness (QED) is 0.928. The molecule has 0 saturated heterocycles. The van der Waals surface area contributed by atoms with E-state index in [4.69, 9.17) is 0 Å². The van der Waals surface area contributed by atoms with Crippen molar-refractivity contribution in [1.82, 2.24) is 9.88 Å². The van der Waals surface area contributed by atoms with Gasteiger partial charge in [-0.1, -0.05) is 29.8 Å². The molecular formula is C16H19N3O. The molecule has 2 rings (SSSR count). The van der Waals surface area contributed by atoms with Gasteiger partial charge in [0.25, 0.3) is 5.91 Å². The first-order chi connectivity index (χ1) is 9.60. The Morgan fingerprint density at radius 1 is 1.30 bits per heavy atom. The van der Waals surface area contributed by atoms with Crippen LogP contribution in [0.15, 0.2) is 42.6 Å². The standard InChI is InChI=1S/C16H19N3O/c1-12-5-4-6-13(9-12)11-19(3)16(20)14-7-8-15(17-2)18-10-14/h4-10H,11H2,1-3H3,(H,17,18). The Balaban J connectivity index is 2.07. The minimum Gasteiger partial charge on any atom is -0.373 e. The van der Waals surface area contributed by atoms with Crippen molar-refractivity contribution in [1.29, 1.82) is 0 Å². The summed E-state index contributed by atoms with van der Waals surface area (Å²) in [5.41, 5.74) is 2.92. The highest BCUT2D eigenvalue weighted by Gasteiger charge is 2.12. The largest absolute Gasteiger partial charge is 0.373 e. The summed E-state index contributed by atoms with van der Waals surface area (Å²) in [5, 5.41) is 2.93. The maximum atomic E-state index is 12.3. The van der Waals surface area contributed by atoms with Crippen LogP contribution in [0.4, 0.5) is 5.82 Å². The summed E-state index contributed by atoms with van der Waals surface area (Å²) in [5.74, 6) is 0.726. The number of aryl methyl sites for hydroxylation is 1. The molecule has 4 nitrogen and oxygen atoms in total. The smallest absolute Gasteiger partial charge is 0.255 e. The molecule has 0 aliphatic carbocycles. The molecule has 0 fully saturated rings. The Morgan fingerprint density at radius 3 is 2.70 bits per heavy atom. The number of nitrogens with one attached hydrogen (secondary N) is 1. The highest BCUT2D eigenvalue weighted by Crippen LogP contribution is 2.11. The van der Waals surface area contributed by atoms with E-state index in [1.54, 1.807) is 37.3 Å². The summed E-state index contributed by atoms with van der Waals surface area (Å²) in [6.07, 6.45) is 1.60. The lowest BCUT2D eigenvalue weighted by atomic mass is 10.1. The van der Waals surface area contributed by atoms with Crippen molar-refractivity contribution in [2.75, 3.05) is 19.4 Å². The Kier molecular flexibility index (Phi) is 4.35. The topological polar surface area (TPSA) is 45.2 Å². The Morgan fingerprint density at radius 2 is 2.10 bits per heavy atom. The molecular weight excluding hydrogens is 250 g/mol. The van der Waals surface area contributed by atoms with Gasteiger partial charge in [0.1, 0.15) is 5.82 Å². The number of pyridine rings is 1. The molecule has 0 aliphatic rings. The number of carbonyl (C=O) groups is 1. The van der Waals surface area contributed by atoms with Gasteiger partial charge < -0.3 is 10.2 Å². The first-order valence-electron chi connectivity index (χ1n) is 6.55. The van der Waals surface area contributed by atoms with Crippen molar-refractivity contribution in [2.45, 2.75) is 13.5 Å². The van der Waals surface area contributed by atoms with Gasteiger partial charge in [0.15, 0.2) is 0 Å². The van der Waals surface area contributed by atoms with Crippen LogP contribution in [0.1, 0.15) is 21.5 Å². The summed E-state index contributed by atoms with van der Waals surface area (Å²) in [4.78, 5) is 18.2. The predicted octanol–water partition coefficient (Wildman–Crippen LogP) is 2.70. The average molecular weight is 269 g/mol. The maximum absolute atomic E-state index is 12.3. The van der Waals surface area contributed by atoms with Crippen molar-refractivity contribution in [3.05, 3.63) is 59.3 Å². The van der Waals surface area contributed by atoms with Gasteiger partial charge in [0, 0.05) is 26.8 Å². The number of benzene rings is 1. The second kappa shape index (κ2) is 6.19. The molecule has 0 unspecified atom stereocenters. The molecule has 0 aliphatic heterocycles. The molecule has 0 bridgehead atoms. The van der Waals surface area contributed by atoms with E-state index in [2.05, 4.69) is 16.4 Å². The lowest BCUT2D eigenvalue weighted by Gasteiger charge is -2.17. The van der Waals surface area contributed by atoms with Crippen molar-refractivity contribution < 1.29 is 4.79 Å². The molecule has 0 spiro atoms. The lowest BCUT2D eigenvalue weighted by Crippen LogP contribution is -2.26. The molecule has 0 saturated carbocycles. The average Bonchev–Trinajstić information content (AvgIpc) is 2.46. The van der Waals surface area contributed by atoms with Crippen LogP contribution in [0, 0.1) is 6.92 Å². The zero-order valence-electron chi connectivity index (χ0n) is 12.1. The van der Waals surface area contributed by atoms with E-state index in [1.807, 2.05) is 25.1 Å². The van der Waals surface area contributed by atoms with Gasteiger partial charge in [-0.3, -0.25) is 4.79 Å². The fourth-order valence-electron chi connectivity index (χ4n) is 2.04. The third-order valence-electron chi connectivity index (χ3n) is 3.12. The monoisotopic (exact) mass is 269 g/mol. The molecule has 1 N–H and O–H groups in total. The summed E-state index contributed by atoms with van der Waals surface area (Å²) in [6.45, 7) is 2.64. The van der Waals surface area contributed by atoms with Crippen LogP contribution in [-0.4, -0.2) is 29.9 Å². The molecule has 1 aromatic carbocycles. The zero-order valence-corrected chi connectivity index (χ0v) is 12.1. The summed E-state index contributed by atoms with van der Waals surface area (Å²) < 4.78 is 0. The van der Waals surface area contributed by atoms with Crippen LogP contribution in [0.3, 0.4) is 0 Å². The van der Waals surface area contributed by atoms with E-state index in [0.29, 0.717) is 12.1 Å².